The Balaban J connectivity index is 2.06. The molecule has 7 heteroatoms. The van der Waals surface area contributed by atoms with Gasteiger partial charge >= 0.3 is 0 Å². The van der Waals surface area contributed by atoms with Crippen LogP contribution in [-0.2, 0) is 20.0 Å². The molecule has 0 spiro atoms. The van der Waals surface area contributed by atoms with E-state index in [1.165, 1.54) is 16.1 Å². The van der Waals surface area contributed by atoms with E-state index in [2.05, 4.69) is 60.4 Å². The van der Waals surface area contributed by atoms with Gasteiger partial charge in [-0.15, -0.1) is 10.2 Å². The van der Waals surface area contributed by atoms with Crippen molar-refractivity contribution in [3.63, 3.8) is 0 Å². The van der Waals surface area contributed by atoms with Gasteiger partial charge in [0.25, 0.3) is 0 Å². The van der Waals surface area contributed by atoms with Crippen LogP contribution in [0.4, 0.5) is 0 Å². The highest BCUT2D eigenvalue weighted by Crippen LogP contribution is 2.14. The second-order valence-corrected chi connectivity index (χ2v) is 6.43. The topological polar surface area (TPSA) is 73.5 Å². The fraction of sp³-hybridized carbons (Fsp3) is 0.714. The standard InChI is InChI=1S/C14H25N7/c1-10-12(7-8-15-14(3,4)5)11(2)21(17-10)9-13-16-19-20(6)18-13/h15H,7-9H2,1-6H3. The van der Waals surface area contributed by atoms with Crippen molar-refractivity contribution in [1.82, 2.24) is 35.3 Å². The minimum atomic E-state index is 0.140. The lowest BCUT2D eigenvalue weighted by Crippen LogP contribution is -2.37. The van der Waals surface area contributed by atoms with Crippen LogP contribution in [0.15, 0.2) is 0 Å². The number of hydrogen-bond acceptors (Lipinski definition) is 5. The molecule has 0 aliphatic rings. The van der Waals surface area contributed by atoms with Gasteiger partial charge in [-0.05, 0) is 58.4 Å². The van der Waals surface area contributed by atoms with E-state index in [9.17, 15) is 0 Å². The number of tetrazole rings is 1. The van der Waals surface area contributed by atoms with Crippen LogP contribution in [-0.4, -0.2) is 42.1 Å². The van der Waals surface area contributed by atoms with Crippen LogP contribution < -0.4 is 5.32 Å². The lowest BCUT2D eigenvalue weighted by Gasteiger charge is -2.20. The Hall–Kier alpha value is -1.76. The highest BCUT2D eigenvalue weighted by atomic mass is 15.6. The summed E-state index contributed by atoms with van der Waals surface area (Å²) in [4.78, 5) is 1.47. The average Bonchev–Trinajstić information content (AvgIpc) is 2.87. The van der Waals surface area contributed by atoms with Gasteiger partial charge in [-0.1, -0.05) is 0 Å². The van der Waals surface area contributed by atoms with E-state index in [-0.39, 0.29) is 5.54 Å². The molecule has 2 aromatic rings. The van der Waals surface area contributed by atoms with Crippen molar-refractivity contribution in [2.45, 2.75) is 53.1 Å². The lowest BCUT2D eigenvalue weighted by molar-refractivity contribution is 0.429. The number of nitrogens with zero attached hydrogens (tertiary/aromatic N) is 6. The molecule has 21 heavy (non-hydrogen) atoms. The van der Waals surface area contributed by atoms with E-state index >= 15 is 0 Å². The molecule has 2 rings (SSSR count). The van der Waals surface area contributed by atoms with Crippen molar-refractivity contribution in [3.8, 4) is 0 Å². The molecule has 2 aromatic heterocycles. The van der Waals surface area contributed by atoms with E-state index < -0.39 is 0 Å². The molecule has 2 heterocycles. The Morgan fingerprint density at radius 1 is 1.14 bits per heavy atom. The molecule has 0 radical (unpaired) electrons. The Kier molecular flexibility index (Phi) is 4.41. The third-order valence-electron chi connectivity index (χ3n) is 3.40. The van der Waals surface area contributed by atoms with Crippen LogP contribution in [0.25, 0.3) is 0 Å². The second kappa shape index (κ2) is 5.93. The van der Waals surface area contributed by atoms with Crippen LogP contribution in [0.2, 0.25) is 0 Å². The molecule has 0 aliphatic heterocycles. The molecule has 0 atom stereocenters. The molecule has 0 unspecified atom stereocenters. The van der Waals surface area contributed by atoms with E-state index in [0.717, 1.165) is 18.7 Å². The zero-order valence-corrected chi connectivity index (χ0v) is 13.8. The molecule has 7 nitrogen and oxygen atoms in total. The highest BCUT2D eigenvalue weighted by Gasteiger charge is 2.14. The third kappa shape index (κ3) is 4.10. The van der Waals surface area contributed by atoms with Gasteiger partial charge in [-0.2, -0.15) is 9.90 Å². The van der Waals surface area contributed by atoms with Crippen molar-refractivity contribution < 1.29 is 0 Å². The van der Waals surface area contributed by atoms with Crippen molar-refractivity contribution in [1.29, 1.82) is 0 Å². The molecule has 0 bridgehead atoms. The number of rotatable bonds is 5. The molecule has 0 aliphatic carbocycles. The average molecular weight is 291 g/mol. The molecule has 0 aromatic carbocycles. The largest absolute Gasteiger partial charge is 0.312 e. The summed E-state index contributed by atoms with van der Waals surface area (Å²) in [6.07, 6.45) is 0.975. The number of nitrogens with one attached hydrogen (secondary N) is 1. The maximum Gasteiger partial charge on any atom is 0.196 e. The summed E-state index contributed by atoms with van der Waals surface area (Å²) >= 11 is 0. The molecule has 116 valence electrons. The summed E-state index contributed by atoms with van der Waals surface area (Å²) in [5.74, 6) is 0.683. The fourth-order valence-electron chi connectivity index (χ4n) is 2.33. The number of hydrogen-bond donors (Lipinski definition) is 1. The van der Waals surface area contributed by atoms with Crippen molar-refractivity contribution in [2.75, 3.05) is 6.54 Å². The van der Waals surface area contributed by atoms with E-state index in [4.69, 9.17) is 0 Å². The number of aromatic nitrogens is 6. The predicted molar refractivity (Wildman–Crippen MR) is 81.1 cm³/mol. The van der Waals surface area contributed by atoms with Gasteiger partial charge in [0, 0.05) is 11.2 Å². The van der Waals surface area contributed by atoms with Crippen LogP contribution in [0, 0.1) is 13.8 Å². The summed E-state index contributed by atoms with van der Waals surface area (Å²) in [6, 6.07) is 0. The van der Waals surface area contributed by atoms with Gasteiger partial charge in [0.15, 0.2) is 5.82 Å². The molecule has 0 saturated heterocycles. The lowest BCUT2D eigenvalue weighted by atomic mass is 10.1. The normalized spacial score (nSPS) is 12.1. The van der Waals surface area contributed by atoms with Crippen molar-refractivity contribution in [2.24, 2.45) is 7.05 Å². The first kappa shape index (κ1) is 15.6. The quantitative estimate of drug-likeness (QED) is 0.889. The van der Waals surface area contributed by atoms with Crippen LogP contribution in [0.1, 0.15) is 43.5 Å². The van der Waals surface area contributed by atoms with Crippen molar-refractivity contribution >= 4 is 0 Å². The molecular weight excluding hydrogens is 266 g/mol. The number of aryl methyl sites for hydroxylation is 2. The second-order valence-electron chi connectivity index (χ2n) is 6.43. The first-order valence-corrected chi connectivity index (χ1v) is 7.27. The third-order valence-corrected chi connectivity index (χ3v) is 3.40. The van der Waals surface area contributed by atoms with Gasteiger partial charge in [0.2, 0.25) is 0 Å². The first-order valence-electron chi connectivity index (χ1n) is 7.27. The van der Waals surface area contributed by atoms with Crippen LogP contribution >= 0.6 is 0 Å². The molecular formula is C14H25N7. The smallest absolute Gasteiger partial charge is 0.196 e. The maximum absolute atomic E-state index is 4.60. The Labute approximate surface area is 125 Å². The Morgan fingerprint density at radius 2 is 1.86 bits per heavy atom. The van der Waals surface area contributed by atoms with Gasteiger partial charge in [-0.3, -0.25) is 4.68 Å². The molecule has 0 amide bonds. The fourth-order valence-corrected chi connectivity index (χ4v) is 2.33. The van der Waals surface area contributed by atoms with E-state index in [1.807, 2.05) is 4.68 Å². The summed E-state index contributed by atoms with van der Waals surface area (Å²) in [7, 11) is 1.77. The van der Waals surface area contributed by atoms with Gasteiger partial charge in [-0.25, -0.2) is 0 Å². The minimum absolute atomic E-state index is 0.140. The van der Waals surface area contributed by atoms with Gasteiger partial charge in [0.1, 0.15) is 6.54 Å². The Bertz CT molecular complexity index is 603. The Morgan fingerprint density at radius 3 is 2.43 bits per heavy atom. The van der Waals surface area contributed by atoms with Gasteiger partial charge in [0.05, 0.1) is 12.7 Å². The SMILES string of the molecule is Cc1nn(Cc2nnn(C)n2)c(C)c1CCNC(C)(C)C. The van der Waals surface area contributed by atoms with Crippen LogP contribution in [0.5, 0.6) is 0 Å². The van der Waals surface area contributed by atoms with E-state index in [0.29, 0.717) is 12.4 Å². The zero-order chi connectivity index (χ0) is 15.6. The van der Waals surface area contributed by atoms with Crippen molar-refractivity contribution in [3.05, 3.63) is 22.8 Å². The monoisotopic (exact) mass is 291 g/mol. The zero-order valence-electron chi connectivity index (χ0n) is 13.8. The minimum Gasteiger partial charge on any atom is -0.312 e. The summed E-state index contributed by atoms with van der Waals surface area (Å²) in [6.45, 7) is 12.2. The molecule has 1 N–H and O–H groups in total. The highest BCUT2D eigenvalue weighted by molar-refractivity contribution is 5.25. The summed E-state index contributed by atoms with van der Waals surface area (Å²) in [5.41, 5.74) is 3.69. The predicted octanol–water partition coefficient (Wildman–Crippen LogP) is 1.00. The van der Waals surface area contributed by atoms with Crippen LogP contribution in [0.3, 0.4) is 0 Å². The summed E-state index contributed by atoms with van der Waals surface area (Å²) in [5, 5.41) is 20.2. The summed E-state index contributed by atoms with van der Waals surface area (Å²) < 4.78 is 1.96. The molecule has 0 saturated carbocycles. The first-order chi connectivity index (χ1) is 9.76. The van der Waals surface area contributed by atoms with E-state index in [1.54, 1.807) is 7.05 Å². The molecule has 0 fully saturated rings. The van der Waals surface area contributed by atoms with Gasteiger partial charge < -0.3 is 5.32 Å². The maximum atomic E-state index is 4.60.